The second kappa shape index (κ2) is 4.49. The zero-order valence-corrected chi connectivity index (χ0v) is 10.1. The monoisotopic (exact) mass is 252 g/mol. The summed E-state index contributed by atoms with van der Waals surface area (Å²) in [7, 11) is 1.83. The first kappa shape index (κ1) is 12.1. The number of aryl methyl sites for hydroxylation is 1. The minimum Gasteiger partial charge on any atom is -0.394 e. The fourth-order valence-corrected chi connectivity index (χ4v) is 2.00. The normalized spacial score (nSPS) is 12.9. The van der Waals surface area contributed by atoms with E-state index in [0.29, 0.717) is 10.6 Å². The summed E-state index contributed by atoms with van der Waals surface area (Å²) in [5, 5.41) is 10.3. The Bertz CT molecular complexity index is 577. The third kappa shape index (κ3) is 2.07. The van der Waals surface area contributed by atoms with Crippen molar-refractivity contribution in [3.63, 3.8) is 0 Å². The van der Waals surface area contributed by atoms with Crippen molar-refractivity contribution in [2.24, 2.45) is 12.8 Å². The number of carbonyl (C=O) groups excluding carboxylic acids is 1. The molecule has 0 aliphatic rings. The molecule has 17 heavy (non-hydrogen) atoms. The van der Waals surface area contributed by atoms with Crippen LogP contribution in [0.4, 0.5) is 0 Å². The second-order valence-electron chi connectivity index (χ2n) is 3.97. The number of Topliss-reactive ketones (excluding diaryl/α,β-unsaturated/α-hetero) is 1. The Hall–Kier alpha value is -1.36. The van der Waals surface area contributed by atoms with Crippen LogP contribution in [0.25, 0.3) is 10.9 Å². The van der Waals surface area contributed by atoms with Crippen LogP contribution in [0.3, 0.4) is 0 Å². The van der Waals surface area contributed by atoms with Crippen molar-refractivity contribution in [3.05, 3.63) is 35.0 Å². The maximum Gasteiger partial charge on any atom is 0.184 e. The van der Waals surface area contributed by atoms with Crippen molar-refractivity contribution in [3.8, 4) is 0 Å². The molecule has 4 nitrogen and oxygen atoms in total. The largest absolute Gasteiger partial charge is 0.394 e. The van der Waals surface area contributed by atoms with Gasteiger partial charge in [-0.15, -0.1) is 0 Å². The summed E-state index contributed by atoms with van der Waals surface area (Å²) in [4.78, 5) is 12.0. The molecule has 0 radical (unpaired) electrons. The molecule has 1 aromatic carbocycles. The Kier molecular flexibility index (Phi) is 3.19. The summed E-state index contributed by atoms with van der Waals surface area (Å²) < 4.78 is 1.82. The molecule has 0 fully saturated rings. The van der Waals surface area contributed by atoms with Gasteiger partial charge in [0.25, 0.3) is 0 Å². The lowest BCUT2D eigenvalue weighted by Crippen LogP contribution is -2.33. The van der Waals surface area contributed by atoms with Crippen LogP contribution in [-0.2, 0) is 7.05 Å². The smallest absolute Gasteiger partial charge is 0.184 e. The number of hydrogen-bond acceptors (Lipinski definition) is 3. The van der Waals surface area contributed by atoms with Crippen molar-refractivity contribution in [2.45, 2.75) is 6.04 Å². The number of ketones is 1. The van der Waals surface area contributed by atoms with Gasteiger partial charge in [0, 0.05) is 34.7 Å². The minimum atomic E-state index is -0.878. The molecule has 0 spiro atoms. The number of fused-ring (bicyclic) bond motifs is 1. The molecule has 0 saturated heterocycles. The van der Waals surface area contributed by atoms with E-state index in [1.807, 2.05) is 11.6 Å². The Balaban J connectivity index is 2.60. The van der Waals surface area contributed by atoms with Gasteiger partial charge in [-0.1, -0.05) is 17.7 Å². The highest BCUT2D eigenvalue weighted by molar-refractivity contribution is 6.31. The third-order valence-electron chi connectivity index (χ3n) is 2.75. The molecular formula is C12H13ClN2O2. The first-order chi connectivity index (χ1) is 8.04. The number of aliphatic hydroxyl groups is 1. The topological polar surface area (TPSA) is 68.2 Å². The van der Waals surface area contributed by atoms with Crippen LogP contribution in [-0.4, -0.2) is 28.1 Å². The van der Waals surface area contributed by atoms with E-state index in [2.05, 4.69) is 0 Å². The Morgan fingerprint density at radius 3 is 2.94 bits per heavy atom. The Morgan fingerprint density at radius 2 is 2.29 bits per heavy atom. The SMILES string of the molecule is Cn1cc(C(=O)C(N)CO)c2ccc(Cl)cc21. The Labute approximate surface area is 104 Å². The molecule has 1 atom stereocenters. The van der Waals surface area contributed by atoms with Crippen LogP contribution in [0.2, 0.25) is 5.02 Å². The first-order valence-corrected chi connectivity index (χ1v) is 5.57. The summed E-state index contributed by atoms with van der Waals surface area (Å²) >= 11 is 5.91. The van der Waals surface area contributed by atoms with Gasteiger partial charge in [0.2, 0.25) is 0 Å². The molecule has 1 aromatic heterocycles. The van der Waals surface area contributed by atoms with Gasteiger partial charge in [0.05, 0.1) is 12.6 Å². The van der Waals surface area contributed by atoms with Crippen molar-refractivity contribution in [1.29, 1.82) is 0 Å². The number of nitrogens with zero attached hydrogens (tertiary/aromatic N) is 1. The number of halogens is 1. The van der Waals surface area contributed by atoms with E-state index in [1.54, 1.807) is 24.4 Å². The highest BCUT2D eigenvalue weighted by Gasteiger charge is 2.19. The van der Waals surface area contributed by atoms with Gasteiger partial charge < -0.3 is 15.4 Å². The lowest BCUT2D eigenvalue weighted by Gasteiger charge is -2.05. The van der Waals surface area contributed by atoms with Gasteiger partial charge >= 0.3 is 0 Å². The number of aromatic nitrogens is 1. The highest BCUT2D eigenvalue weighted by atomic mass is 35.5. The maximum absolute atomic E-state index is 12.0. The quantitative estimate of drug-likeness (QED) is 0.810. The average molecular weight is 253 g/mol. The van der Waals surface area contributed by atoms with E-state index >= 15 is 0 Å². The summed E-state index contributed by atoms with van der Waals surface area (Å²) in [5.41, 5.74) is 6.93. The van der Waals surface area contributed by atoms with Crippen LogP contribution in [0.5, 0.6) is 0 Å². The van der Waals surface area contributed by atoms with Gasteiger partial charge in [-0.2, -0.15) is 0 Å². The average Bonchev–Trinajstić information content (AvgIpc) is 2.64. The number of rotatable bonds is 3. The number of benzene rings is 1. The van der Waals surface area contributed by atoms with Crippen molar-refractivity contribution in [2.75, 3.05) is 6.61 Å². The van der Waals surface area contributed by atoms with Gasteiger partial charge in [0.15, 0.2) is 5.78 Å². The number of hydrogen-bond donors (Lipinski definition) is 2. The van der Waals surface area contributed by atoms with Gasteiger partial charge in [0.1, 0.15) is 0 Å². The van der Waals surface area contributed by atoms with E-state index in [0.717, 1.165) is 10.9 Å². The van der Waals surface area contributed by atoms with Crippen LogP contribution in [0, 0.1) is 0 Å². The molecule has 1 heterocycles. The molecule has 3 N–H and O–H groups in total. The molecular weight excluding hydrogens is 240 g/mol. The van der Waals surface area contributed by atoms with Crippen LogP contribution in [0.1, 0.15) is 10.4 Å². The molecule has 0 aliphatic carbocycles. The highest BCUT2D eigenvalue weighted by Crippen LogP contribution is 2.24. The minimum absolute atomic E-state index is 0.263. The molecule has 2 aromatic rings. The standard InChI is InChI=1S/C12H13ClN2O2/c1-15-5-9(12(17)10(14)6-16)8-3-2-7(13)4-11(8)15/h2-5,10,16H,6,14H2,1H3. The van der Waals surface area contributed by atoms with E-state index in [-0.39, 0.29) is 12.4 Å². The summed E-state index contributed by atoms with van der Waals surface area (Å²) in [6.45, 7) is -0.358. The summed E-state index contributed by atoms with van der Waals surface area (Å²) in [6, 6.07) is 4.43. The van der Waals surface area contributed by atoms with E-state index in [1.165, 1.54) is 0 Å². The fourth-order valence-electron chi connectivity index (χ4n) is 1.84. The van der Waals surface area contributed by atoms with Crippen molar-refractivity contribution in [1.82, 2.24) is 4.57 Å². The summed E-state index contributed by atoms with van der Waals surface area (Å²) in [6.07, 6.45) is 1.71. The second-order valence-corrected chi connectivity index (χ2v) is 4.40. The Morgan fingerprint density at radius 1 is 1.59 bits per heavy atom. The van der Waals surface area contributed by atoms with Crippen LogP contribution in [0.15, 0.2) is 24.4 Å². The van der Waals surface area contributed by atoms with Gasteiger partial charge in [-0.3, -0.25) is 4.79 Å². The fraction of sp³-hybridized carbons (Fsp3) is 0.250. The number of nitrogens with two attached hydrogens (primary N) is 1. The number of carbonyl (C=O) groups is 1. The van der Waals surface area contributed by atoms with E-state index < -0.39 is 6.04 Å². The predicted molar refractivity (Wildman–Crippen MR) is 67.3 cm³/mol. The molecule has 90 valence electrons. The zero-order chi connectivity index (χ0) is 12.6. The lowest BCUT2D eigenvalue weighted by atomic mass is 10.0. The van der Waals surface area contributed by atoms with Crippen LogP contribution < -0.4 is 5.73 Å². The van der Waals surface area contributed by atoms with Crippen molar-refractivity contribution < 1.29 is 9.90 Å². The third-order valence-corrected chi connectivity index (χ3v) is 2.99. The van der Waals surface area contributed by atoms with Gasteiger partial charge in [-0.05, 0) is 12.1 Å². The molecule has 0 saturated carbocycles. The lowest BCUT2D eigenvalue weighted by molar-refractivity contribution is 0.0927. The maximum atomic E-state index is 12.0. The van der Waals surface area contributed by atoms with Crippen molar-refractivity contribution >= 4 is 28.3 Å². The molecule has 0 aliphatic heterocycles. The summed E-state index contributed by atoms with van der Waals surface area (Å²) in [5.74, 6) is -0.263. The predicted octanol–water partition coefficient (Wildman–Crippen LogP) is 1.33. The van der Waals surface area contributed by atoms with Gasteiger partial charge in [-0.25, -0.2) is 0 Å². The van der Waals surface area contributed by atoms with E-state index in [9.17, 15) is 4.79 Å². The molecule has 1 unspecified atom stereocenters. The van der Waals surface area contributed by atoms with E-state index in [4.69, 9.17) is 22.4 Å². The first-order valence-electron chi connectivity index (χ1n) is 5.20. The molecule has 0 bridgehead atoms. The zero-order valence-electron chi connectivity index (χ0n) is 9.35. The molecule has 0 amide bonds. The van der Waals surface area contributed by atoms with Crippen LogP contribution >= 0.6 is 11.6 Å². The molecule has 5 heteroatoms. The molecule has 2 rings (SSSR count). The number of aliphatic hydroxyl groups excluding tert-OH is 1.